The van der Waals surface area contributed by atoms with Gasteiger partial charge in [0.15, 0.2) is 0 Å². The molecule has 0 unspecified atom stereocenters. The number of nitrogens with zero attached hydrogens (tertiary/aromatic N) is 3. The Morgan fingerprint density at radius 3 is 2.55 bits per heavy atom. The molecule has 2 rings (SSSR count). The van der Waals surface area contributed by atoms with Gasteiger partial charge < -0.3 is 4.90 Å². The summed E-state index contributed by atoms with van der Waals surface area (Å²) in [5.41, 5.74) is 1.76. The van der Waals surface area contributed by atoms with Crippen molar-refractivity contribution in [3.63, 3.8) is 0 Å². The summed E-state index contributed by atoms with van der Waals surface area (Å²) in [6, 6.07) is 0. The normalized spacial score (nSPS) is 11.1. The van der Waals surface area contributed by atoms with Crippen LogP contribution >= 0.6 is 22.7 Å². The van der Waals surface area contributed by atoms with Crippen molar-refractivity contribution in [1.82, 2.24) is 14.9 Å². The fourth-order valence-corrected chi connectivity index (χ4v) is 3.50. The predicted molar refractivity (Wildman–Crippen MR) is 83.6 cm³/mol. The molecular formula is C14H19N3OS2. The minimum Gasteiger partial charge on any atom is -0.335 e. The van der Waals surface area contributed by atoms with Gasteiger partial charge in [0, 0.05) is 18.3 Å². The molecule has 20 heavy (non-hydrogen) atoms. The van der Waals surface area contributed by atoms with Crippen LogP contribution in [0.4, 0.5) is 0 Å². The van der Waals surface area contributed by atoms with Gasteiger partial charge >= 0.3 is 0 Å². The van der Waals surface area contributed by atoms with Gasteiger partial charge in [-0.25, -0.2) is 9.97 Å². The van der Waals surface area contributed by atoms with Gasteiger partial charge in [-0.2, -0.15) is 0 Å². The lowest BCUT2D eigenvalue weighted by Gasteiger charge is -2.14. The Balaban J connectivity index is 2.14. The van der Waals surface area contributed by atoms with Gasteiger partial charge in [0.05, 0.1) is 27.9 Å². The molecule has 0 bridgehead atoms. The molecule has 0 atom stereocenters. The van der Waals surface area contributed by atoms with Crippen molar-refractivity contribution < 1.29 is 4.79 Å². The van der Waals surface area contributed by atoms with Gasteiger partial charge in [-0.15, -0.1) is 22.7 Å². The van der Waals surface area contributed by atoms with E-state index in [1.54, 1.807) is 16.2 Å². The molecule has 0 radical (unpaired) electrons. The molecule has 0 spiro atoms. The Hall–Kier alpha value is -1.27. The second-order valence-corrected chi connectivity index (χ2v) is 7.23. The maximum atomic E-state index is 12.5. The first-order chi connectivity index (χ1) is 9.38. The highest BCUT2D eigenvalue weighted by Gasteiger charge is 2.20. The predicted octanol–water partition coefficient (Wildman–Crippen LogP) is 3.61. The van der Waals surface area contributed by atoms with E-state index in [-0.39, 0.29) is 5.91 Å². The number of rotatable bonds is 4. The van der Waals surface area contributed by atoms with E-state index in [1.165, 1.54) is 11.3 Å². The summed E-state index contributed by atoms with van der Waals surface area (Å²) in [7, 11) is 1.81. The molecule has 0 aliphatic heterocycles. The Bertz CT molecular complexity index is 616. The molecule has 0 saturated carbocycles. The molecule has 0 aliphatic carbocycles. The Morgan fingerprint density at radius 2 is 2.05 bits per heavy atom. The lowest BCUT2D eigenvalue weighted by atomic mass is 10.2. The van der Waals surface area contributed by atoms with E-state index in [2.05, 4.69) is 23.8 Å². The largest absolute Gasteiger partial charge is 0.335 e. The van der Waals surface area contributed by atoms with Gasteiger partial charge in [-0.1, -0.05) is 13.8 Å². The highest BCUT2D eigenvalue weighted by Crippen LogP contribution is 2.25. The van der Waals surface area contributed by atoms with Crippen molar-refractivity contribution in [3.8, 4) is 0 Å². The van der Waals surface area contributed by atoms with Gasteiger partial charge in [0.2, 0.25) is 0 Å². The van der Waals surface area contributed by atoms with Crippen molar-refractivity contribution >= 4 is 28.6 Å². The quantitative estimate of drug-likeness (QED) is 0.866. The van der Waals surface area contributed by atoms with Crippen molar-refractivity contribution in [3.05, 3.63) is 31.7 Å². The van der Waals surface area contributed by atoms with Gasteiger partial charge in [0.1, 0.15) is 4.88 Å². The lowest BCUT2D eigenvalue weighted by molar-refractivity contribution is 0.0787. The second-order valence-electron chi connectivity index (χ2n) is 5.14. The fourth-order valence-electron chi connectivity index (χ4n) is 1.83. The monoisotopic (exact) mass is 309 g/mol. The van der Waals surface area contributed by atoms with Crippen LogP contribution in [0.25, 0.3) is 0 Å². The van der Waals surface area contributed by atoms with Crippen LogP contribution in [0.15, 0.2) is 5.38 Å². The van der Waals surface area contributed by atoms with E-state index in [0.717, 1.165) is 26.3 Å². The van der Waals surface area contributed by atoms with E-state index in [0.29, 0.717) is 12.5 Å². The van der Waals surface area contributed by atoms with Crippen molar-refractivity contribution in [2.75, 3.05) is 7.05 Å². The summed E-state index contributed by atoms with van der Waals surface area (Å²) >= 11 is 3.11. The molecular weight excluding hydrogens is 290 g/mol. The minimum absolute atomic E-state index is 0.0255. The zero-order valence-electron chi connectivity index (χ0n) is 12.4. The maximum Gasteiger partial charge on any atom is 0.265 e. The maximum absolute atomic E-state index is 12.5. The highest BCUT2D eigenvalue weighted by atomic mass is 32.1. The first kappa shape index (κ1) is 15.1. The summed E-state index contributed by atoms with van der Waals surface area (Å²) in [6.45, 7) is 8.59. The van der Waals surface area contributed by atoms with Crippen LogP contribution in [0.1, 0.15) is 50.8 Å². The van der Waals surface area contributed by atoms with E-state index < -0.39 is 0 Å². The van der Waals surface area contributed by atoms with Gasteiger partial charge in [-0.05, 0) is 13.8 Å². The summed E-state index contributed by atoms with van der Waals surface area (Å²) in [4.78, 5) is 23.8. The number of thiazole rings is 2. The molecule has 0 aliphatic rings. The number of carbonyl (C=O) groups excluding carboxylic acids is 1. The van der Waals surface area contributed by atoms with E-state index in [1.807, 2.05) is 26.3 Å². The summed E-state index contributed by atoms with van der Waals surface area (Å²) in [5.74, 6) is 0.379. The Morgan fingerprint density at radius 1 is 1.35 bits per heavy atom. The van der Waals surface area contributed by atoms with Gasteiger partial charge in [0.25, 0.3) is 5.91 Å². The molecule has 2 aromatic rings. The molecule has 0 saturated heterocycles. The average Bonchev–Trinajstić information content (AvgIpc) is 2.95. The third-order valence-electron chi connectivity index (χ3n) is 2.91. The summed E-state index contributed by atoms with van der Waals surface area (Å²) < 4.78 is 0. The number of aromatic nitrogens is 2. The van der Waals surface area contributed by atoms with Crippen LogP contribution in [-0.2, 0) is 6.54 Å². The zero-order chi connectivity index (χ0) is 14.9. The van der Waals surface area contributed by atoms with Crippen molar-refractivity contribution in [1.29, 1.82) is 0 Å². The van der Waals surface area contributed by atoms with Crippen LogP contribution in [0, 0.1) is 13.8 Å². The zero-order valence-corrected chi connectivity index (χ0v) is 14.1. The third-order valence-corrected chi connectivity index (χ3v) is 5.18. The van der Waals surface area contributed by atoms with Crippen molar-refractivity contribution in [2.45, 2.75) is 40.2 Å². The van der Waals surface area contributed by atoms with E-state index in [9.17, 15) is 4.79 Å². The number of hydrogen-bond acceptors (Lipinski definition) is 5. The molecule has 2 aromatic heterocycles. The standard InChI is InChI=1S/C14H19N3OS2/c1-8(2)13-15-9(3)12(20-13)14(18)17(5)6-11-7-19-10(4)16-11/h7-8H,6H2,1-5H3. The van der Waals surface area contributed by atoms with Crippen LogP contribution < -0.4 is 0 Å². The van der Waals surface area contributed by atoms with Crippen LogP contribution in [0.5, 0.6) is 0 Å². The second kappa shape index (κ2) is 6.01. The topological polar surface area (TPSA) is 46.1 Å². The average molecular weight is 309 g/mol. The number of aryl methyl sites for hydroxylation is 2. The number of carbonyl (C=O) groups is 1. The van der Waals surface area contributed by atoms with Gasteiger partial charge in [-0.3, -0.25) is 4.79 Å². The third kappa shape index (κ3) is 3.24. The first-order valence-corrected chi connectivity index (χ1v) is 8.22. The minimum atomic E-state index is 0.0255. The SMILES string of the molecule is Cc1nc(CN(C)C(=O)c2sc(C(C)C)nc2C)cs1. The molecule has 4 nitrogen and oxygen atoms in total. The Kier molecular flexibility index (Phi) is 4.55. The van der Waals surface area contributed by atoms with Crippen LogP contribution in [0.3, 0.4) is 0 Å². The molecule has 108 valence electrons. The molecule has 2 heterocycles. The highest BCUT2D eigenvalue weighted by molar-refractivity contribution is 7.13. The number of hydrogen-bond donors (Lipinski definition) is 0. The van der Waals surface area contributed by atoms with E-state index >= 15 is 0 Å². The van der Waals surface area contributed by atoms with Crippen LogP contribution in [-0.4, -0.2) is 27.8 Å². The Labute approximate surface area is 127 Å². The molecule has 1 amide bonds. The fraction of sp³-hybridized carbons (Fsp3) is 0.500. The molecule has 0 fully saturated rings. The van der Waals surface area contributed by atoms with Crippen molar-refractivity contribution in [2.24, 2.45) is 0 Å². The lowest BCUT2D eigenvalue weighted by Crippen LogP contribution is -2.26. The summed E-state index contributed by atoms with van der Waals surface area (Å²) in [6.07, 6.45) is 0. The number of amides is 1. The molecule has 0 N–H and O–H groups in total. The smallest absolute Gasteiger partial charge is 0.265 e. The first-order valence-electron chi connectivity index (χ1n) is 6.52. The molecule has 0 aromatic carbocycles. The summed E-state index contributed by atoms with van der Waals surface area (Å²) in [5, 5.41) is 4.04. The van der Waals surface area contributed by atoms with Crippen LogP contribution in [0.2, 0.25) is 0 Å². The molecule has 6 heteroatoms. The van der Waals surface area contributed by atoms with E-state index in [4.69, 9.17) is 0 Å².